The lowest BCUT2D eigenvalue weighted by Gasteiger charge is -2.21. The summed E-state index contributed by atoms with van der Waals surface area (Å²) in [6.07, 6.45) is 1.60. The second-order valence-corrected chi connectivity index (χ2v) is 4.26. The molecule has 0 saturated heterocycles. The SMILES string of the molecule is CC(=O)C1(O)CCCc2ccccc2C1=O. The van der Waals surface area contributed by atoms with E-state index in [1.54, 1.807) is 12.1 Å². The molecule has 1 aromatic carbocycles. The summed E-state index contributed by atoms with van der Waals surface area (Å²) in [4.78, 5) is 23.6. The lowest BCUT2D eigenvalue weighted by atomic mass is 9.87. The average molecular weight is 218 g/mol. The summed E-state index contributed by atoms with van der Waals surface area (Å²) in [6.45, 7) is 1.27. The first kappa shape index (κ1) is 11.0. The molecule has 0 amide bonds. The Morgan fingerprint density at radius 2 is 2.06 bits per heavy atom. The van der Waals surface area contributed by atoms with Crippen LogP contribution >= 0.6 is 0 Å². The van der Waals surface area contributed by atoms with Crippen molar-refractivity contribution in [3.8, 4) is 0 Å². The van der Waals surface area contributed by atoms with Gasteiger partial charge in [0.25, 0.3) is 0 Å². The first-order valence-electron chi connectivity index (χ1n) is 5.42. The number of carbonyl (C=O) groups excluding carboxylic acids is 2. The maximum atomic E-state index is 12.1. The highest BCUT2D eigenvalue weighted by Crippen LogP contribution is 2.28. The Morgan fingerprint density at radius 1 is 1.38 bits per heavy atom. The number of hydrogen-bond acceptors (Lipinski definition) is 3. The number of ketones is 2. The Hall–Kier alpha value is -1.48. The van der Waals surface area contributed by atoms with E-state index in [2.05, 4.69) is 0 Å². The van der Waals surface area contributed by atoms with Crippen molar-refractivity contribution in [3.05, 3.63) is 35.4 Å². The maximum absolute atomic E-state index is 12.1. The minimum Gasteiger partial charge on any atom is -0.374 e. The van der Waals surface area contributed by atoms with Gasteiger partial charge in [0.2, 0.25) is 5.78 Å². The molecule has 3 heteroatoms. The van der Waals surface area contributed by atoms with Gasteiger partial charge >= 0.3 is 0 Å². The van der Waals surface area contributed by atoms with E-state index in [0.717, 1.165) is 12.0 Å². The lowest BCUT2D eigenvalue weighted by molar-refractivity contribution is -0.131. The average Bonchev–Trinajstić information content (AvgIpc) is 2.39. The van der Waals surface area contributed by atoms with Crippen LogP contribution in [0.5, 0.6) is 0 Å². The molecule has 0 heterocycles. The van der Waals surface area contributed by atoms with Crippen LogP contribution in [0.1, 0.15) is 35.7 Å². The van der Waals surface area contributed by atoms with E-state index in [9.17, 15) is 14.7 Å². The molecule has 0 bridgehead atoms. The second kappa shape index (κ2) is 3.83. The lowest BCUT2D eigenvalue weighted by Crippen LogP contribution is -2.44. The number of benzene rings is 1. The number of Topliss-reactive ketones (excluding diaryl/α,β-unsaturated/α-hetero) is 2. The van der Waals surface area contributed by atoms with E-state index in [0.29, 0.717) is 12.0 Å². The summed E-state index contributed by atoms with van der Waals surface area (Å²) in [6, 6.07) is 7.17. The monoisotopic (exact) mass is 218 g/mol. The van der Waals surface area contributed by atoms with Crippen LogP contribution in [0.15, 0.2) is 24.3 Å². The van der Waals surface area contributed by atoms with E-state index >= 15 is 0 Å². The minimum atomic E-state index is -1.81. The number of aryl methyl sites for hydroxylation is 1. The fourth-order valence-electron chi connectivity index (χ4n) is 2.17. The summed E-state index contributed by atoms with van der Waals surface area (Å²) >= 11 is 0. The zero-order chi connectivity index (χ0) is 11.8. The van der Waals surface area contributed by atoms with Gasteiger partial charge in [-0.1, -0.05) is 24.3 Å². The van der Waals surface area contributed by atoms with Crippen molar-refractivity contribution in [3.63, 3.8) is 0 Å². The molecule has 0 spiro atoms. The van der Waals surface area contributed by atoms with Crippen LogP contribution in [0.3, 0.4) is 0 Å². The Labute approximate surface area is 94.1 Å². The van der Waals surface area contributed by atoms with Gasteiger partial charge in [0.1, 0.15) is 0 Å². The van der Waals surface area contributed by atoms with Crippen molar-refractivity contribution >= 4 is 11.6 Å². The number of carbonyl (C=O) groups is 2. The normalized spacial score (nSPS) is 24.8. The number of fused-ring (bicyclic) bond motifs is 1. The third-order valence-corrected chi connectivity index (χ3v) is 3.20. The Balaban J connectivity index is 2.53. The molecule has 0 radical (unpaired) electrons. The molecule has 3 nitrogen and oxygen atoms in total. The van der Waals surface area contributed by atoms with Gasteiger partial charge in [-0.15, -0.1) is 0 Å². The highest BCUT2D eigenvalue weighted by molar-refractivity contribution is 6.17. The molecular weight excluding hydrogens is 204 g/mol. The summed E-state index contributed by atoms with van der Waals surface area (Å²) < 4.78 is 0. The van der Waals surface area contributed by atoms with Gasteiger partial charge in [-0.2, -0.15) is 0 Å². The molecule has 2 rings (SSSR count). The van der Waals surface area contributed by atoms with Crippen molar-refractivity contribution in [1.82, 2.24) is 0 Å². The van der Waals surface area contributed by atoms with Crippen molar-refractivity contribution in [2.45, 2.75) is 31.8 Å². The molecule has 0 aliphatic heterocycles. The van der Waals surface area contributed by atoms with Crippen LogP contribution in [0.4, 0.5) is 0 Å². The van der Waals surface area contributed by atoms with E-state index in [1.165, 1.54) is 6.92 Å². The molecular formula is C13H14O3. The molecule has 1 aromatic rings. The standard InChI is InChI=1S/C13H14O3/c1-9(14)13(16)8-4-6-10-5-2-3-7-11(10)12(13)15/h2-3,5,7,16H,4,6,8H2,1H3. The van der Waals surface area contributed by atoms with Gasteiger partial charge in [0.15, 0.2) is 11.4 Å². The fourth-order valence-corrected chi connectivity index (χ4v) is 2.17. The zero-order valence-electron chi connectivity index (χ0n) is 9.19. The number of aliphatic hydroxyl groups is 1. The smallest absolute Gasteiger partial charge is 0.202 e. The predicted molar refractivity (Wildman–Crippen MR) is 59.3 cm³/mol. The molecule has 0 saturated carbocycles. The third kappa shape index (κ3) is 1.57. The zero-order valence-corrected chi connectivity index (χ0v) is 9.19. The molecule has 16 heavy (non-hydrogen) atoms. The number of rotatable bonds is 1. The van der Waals surface area contributed by atoms with Gasteiger partial charge < -0.3 is 5.11 Å². The van der Waals surface area contributed by atoms with Crippen LogP contribution in [0.25, 0.3) is 0 Å². The van der Waals surface area contributed by atoms with Crippen LogP contribution in [-0.2, 0) is 11.2 Å². The second-order valence-electron chi connectivity index (χ2n) is 4.26. The Bertz CT molecular complexity index is 450. The molecule has 1 aliphatic rings. The maximum Gasteiger partial charge on any atom is 0.202 e. The van der Waals surface area contributed by atoms with Crippen molar-refractivity contribution in [1.29, 1.82) is 0 Å². The van der Waals surface area contributed by atoms with Crippen LogP contribution < -0.4 is 0 Å². The minimum absolute atomic E-state index is 0.218. The Kier molecular flexibility index (Phi) is 2.64. The van der Waals surface area contributed by atoms with E-state index < -0.39 is 17.2 Å². The topological polar surface area (TPSA) is 54.4 Å². The highest BCUT2D eigenvalue weighted by Gasteiger charge is 2.42. The van der Waals surface area contributed by atoms with Gasteiger partial charge in [-0.3, -0.25) is 9.59 Å². The fraction of sp³-hybridized carbons (Fsp3) is 0.385. The van der Waals surface area contributed by atoms with Gasteiger partial charge in [0, 0.05) is 5.56 Å². The first-order valence-corrected chi connectivity index (χ1v) is 5.42. The molecule has 0 aromatic heterocycles. The highest BCUT2D eigenvalue weighted by atomic mass is 16.3. The third-order valence-electron chi connectivity index (χ3n) is 3.20. The first-order chi connectivity index (χ1) is 7.55. The molecule has 0 fully saturated rings. The van der Waals surface area contributed by atoms with E-state index in [-0.39, 0.29) is 6.42 Å². The van der Waals surface area contributed by atoms with Crippen molar-refractivity contribution in [2.24, 2.45) is 0 Å². The van der Waals surface area contributed by atoms with Crippen molar-refractivity contribution in [2.75, 3.05) is 0 Å². The van der Waals surface area contributed by atoms with Gasteiger partial charge in [0.05, 0.1) is 0 Å². The van der Waals surface area contributed by atoms with E-state index in [1.807, 2.05) is 12.1 Å². The summed E-state index contributed by atoms with van der Waals surface area (Å²) in [5, 5.41) is 10.1. The predicted octanol–water partition coefficient (Wildman–Crippen LogP) is 1.53. The Morgan fingerprint density at radius 3 is 2.75 bits per heavy atom. The summed E-state index contributed by atoms with van der Waals surface area (Å²) in [5.41, 5.74) is -0.408. The summed E-state index contributed by atoms with van der Waals surface area (Å²) in [5.74, 6) is -0.915. The molecule has 1 N–H and O–H groups in total. The molecule has 1 aliphatic carbocycles. The molecule has 1 atom stereocenters. The van der Waals surface area contributed by atoms with Crippen LogP contribution in [-0.4, -0.2) is 22.3 Å². The van der Waals surface area contributed by atoms with Crippen LogP contribution in [0, 0.1) is 0 Å². The number of hydrogen-bond donors (Lipinski definition) is 1. The summed E-state index contributed by atoms with van der Waals surface area (Å²) in [7, 11) is 0. The molecule has 84 valence electrons. The van der Waals surface area contributed by atoms with Crippen LogP contribution in [0.2, 0.25) is 0 Å². The van der Waals surface area contributed by atoms with Gasteiger partial charge in [-0.25, -0.2) is 0 Å². The molecule has 1 unspecified atom stereocenters. The van der Waals surface area contributed by atoms with E-state index in [4.69, 9.17) is 0 Å². The largest absolute Gasteiger partial charge is 0.374 e. The van der Waals surface area contributed by atoms with Crippen molar-refractivity contribution < 1.29 is 14.7 Å². The van der Waals surface area contributed by atoms with Gasteiger partial charge in [-0.05, 0) is 31.7 Å². The quantitative estimate of drug-likeness (QED) is 0.574.